The van der Waals surface area contributed by atoms with Gasteiger partial charge in [-0.15, -0.1) is 0 Å². The van der Waals surface area contributed by atoms with Crippen LogP contribution >= 0.6 is 0 Å². The molecule has 3 fully saturated rings. The normalized spacial score (nSPS) is 51.1. The van der Waals surface area contributed by atoms with Gasteiger partial charge in [0.25, 0.3) is 0 Å². The molecule has 0 radical (unpaired) electrons. The summed E-state index contributed by atoms with van der Waals surface area (Å²) in [5, 5.41) is 0. The number of fused-ring (bicyclic) bond motifs is 3. The van der Waals surface area contributed by atoms with Gasteiger partial charge in [0.15, 0.2) is 0 Å². The Hall–Kier alpha value is -0.590. The average Bonchev–Trinajstić information content (AvgIpc) is 2.73. The van der Waals surface area contributed by atoms with Crippen molar-refractivity contribution >= 4 is 5.78 Å². The van der Waals surface area contributed by atoms with Crippen LogP contribution in [0, 0.1) is 23.2 Å². The highest BCUT2D eigenvalue weighted by Crippen LogP contribution is 2.62. The molecule has 14 heavy (non-hydrogen) atoms. The molecule has 0 unspecified atom stereocenters. The Kier molecular flexibility index (Phi) is 1.55. The summed E-state index contributed by atoms with van der Waals surface area (Å²) in [5.74, 6) is 2.14. The zero-order valence-electron chi connectivity index (χ0n) is 8.88. The van der Waals surface area contributed by atoms with E-state index in [9.17, 15) is 4.79 Å². The molecular weight excluding hydrogens is 172 g/mol. The lowest BCUT2D eigenvalue weighted by molar-refractivity contribution is -0.128. The van der Waals surface area contributed by atoms with E-state index in [1.807, 2.05) is 0 Å². The highest BCUT2D eigenvalue weighted by molar-refractivity contribution is 5.91. The van der Waals surface area contributed by atoms with E-state index in [0.29, 0.717) is 23.5 Å². The predicted molar refractivity (Wildman–Crippen MR) is 55.8 cm³/mol. The Morgan fingerprint density at radius 2 is 2.21 bits per heavy atom. The van der Waals surface area contributed by atoms with Crippen LogP contribution in [-0.2, 0) is 4.79 Å². The van der Waals surface area contributed by atoms with Crippen molar-refractivity contribution < 1.29 is 4.79 Å². The predicted octanol–water partition coefficient (Wildman–Crippen LogP) is 2.96. The van der Waals surface area contributed by atoms with Crippen LogP contribution in [0.15, 0.2) is 12.2 Å². The molecule has 3 aliphatic carbocycles. The third kappa shape index (κ3) is 0.796. The second-order valence-corrected chi connectivity index (χ2v) is 5.61. The largest absolute Gasteiger partial charge is 0.299 e. The minimum atomic E-state index is 0.0404. The van der Waals surface area contributed by atoms with E-state index in [0.717, 1.165) is 19.3 Å². The third-order valence-corrected chi connectivity index (χ3v) is 5.04. The number of hydrogen-bond acceptors (Lipinski definition) is 1. The Morgan fingerprint density at radius 1 is 1.43 bits per heavy atom. The number of hydrogen-bond donors (Lipinski definition) is 0. The minimum absolute atomic E-state index is 0.0404. The molecule has 0 N–H and O–H groups in total. The number of allylic oxidation sites excluding steroid dienone is 1. The van der Waals surface area contributed by atoms with Gasteiger partial charge in [0.1, 0.15) is 5.78 Å². The quantitative estimate of drug-likeness (QED) is 0.537. The van der Waals surface area contributed by atoms with Gasteiger partial charge in [-0.25, -0.2) is 0 Å². The summed E-state index contributed by atoms with van der Waals surface area (Å²) in [7, 11) is 0. The molecule has 0 saturated heterocycles. The fourth-order valence-corrected chi connectivity index (χ4v) is 4.33. The first-order chi connectivity index (χ1) is 6.64. The molecule has 76 valence electrons. The van der Waals surface area contributed by atoms with Crippen LogP contribution in [0.4, 0.5) is 0 Å². The topological polar surface area (TPSA) is 17.1 Å². The third-order valence-electron chi connectivity index (χ3n) is 5.04. The summed E-state index contributed by atoms with van der Waals surface area (Å²) in [6, 6.07) is 0. The summed E-state index contributed by atoms with van der Waals surface area (Å²) < 4.78 is 0. The minimum Gasteiger partial charge on any atom is -0.299 e. The van der Waals surface area contributed by atoms with Crippen LogP contribution in [0.25, 0.3) is 0 Å². The monoisotopic (exact) mass is 190 g/mol. The first-order valence-corrected chi connectivity index (χ1v) is 5.86. The van der Waals surface area contributed by atoms with E-state index in [2.05, 4.69) is 13.5 Å². The van der Waals surface area contributed by atoms with Gasteiger partial charge in [0, 0.05) is 11.3 Å². The molecular formula is C13H18O. The molecule has 0 aromatic carbocycles. The number of rotatable bonds is 0. The van der Waals surface area contributed by atoms with Gasteiger partial charge in [-0.3, -0.25) is 4.79 Å². The van der Waals surface area contributed by atoms with Crippen molar-refractivity contribution in [2.45, 2.75) is 39.0 Å². The fourth-order valence-electron chi connectivity index (χ4n) is 4.33. The van der Waals surface area contributed by atoms with Crippen LogP contribution in [0.2, 0.25) is 0 Å². The molecule has 0 heterocycles. The summed E-state index contributed by atoms with van der Waals surface area (Å²) in [4.78, 5) is 12.3. The van der Waals surface area contributed by atoms with E-state index in [1.165, 1.54) is 18.4 Å². The maximum atomic E-state index is 12.3. The van der Waals surface area contributed by atoms with E-state index < -0.39 is 0 Å². The highest BCUT2D eigenvalue weighted by Gasteiger charge is 2.60. The van der Waals surface area contributed by atoms with Gasteiger partial charge in [0.2, 0.25) is 0 Å². The molecule has 4 atom stereocenters. The Labute approximate surface area is 85.6 Å². The van der Waals surface area contributed by atoms with Crippen LogP contribution in [-0.4, -0.2) is 5.78 Å². The van der Waals surface area contributed by atoms with Crippen LogP contribution < -0.4 is 0 Å². The Morgan fingerprint density at radius 3 is 3.00 bits per heavy atom. The zero-order valence-corrected chi connectivity index (χ0v) is 8.88. The van der Waals surface area contributed by atoms with Crippen molar-refractivity contribution in [1.82, 2.24) is 0 Å². The van der Waals surface area contributed by atoms with E-state index in [1.54, 1.807) is 0 Å². The maximum Gasteiger partial charge on any atom is 0.142 e. The molecule has 0 bridgehead atoms. The molecule has 1 heteroatoms. The van der Waals surface area contributed by atoms with Crippen molar-refractivity contribution in [2.75, 3.05) is 0 Å². The van der Waals surface area contributed by atoms with Crippen LogP contribution in [0.3, 0.4) is 0 Å². The lowest BCUT2D eigenvalue weighted by atomic mass is 9.78. The number of ketones is 1. The van der Waals surface area contributed by atoms with Gasteiger partial charge in [-0.2, -0.15) is 0 Å². The van der Waals surface area contributed by atoms with Crippen molar-refractivity contribution in [3.63, 3.8) is 0 Å². The summed E-state index contributed by atoms with van der Waals surface area (Å²) in [6.45, 7) is 6.38. The van der Waals surface area contributed by atoms with E-state index >= 15 is 0 Å². The summed E-state index contributed by atoms with van der Waals surface area (Å²) in [5.41, 5.74) is 1.41. The van der Waals surface area contributed by atoms with E-state index in [4.69, 9.17) is 0 Å². The van der Waals surface area contributed by atoms with Gasteiger partial charge < -0.3 is 0 Å². The van der Waals surface area contributed by atoms with Crippen molar-refractivity contribution in [3.05, 3.63) is 12.2 Å². The molecule has 3 rings (SSSR count). The fraction of sp³-hybridized carbons (Fsp3) is 0.769. The number of Topliss-reactive ketones (excluding diaryl/α,β-unsaturated/α-hetero) is 1. The Bertz CT molecular complexity index is 317. The summed E-state index contributed by atoms with van der Waals surface area (Å²) in [6.07, 6.45) is 5.85. The highest BCUT2D eigenvalue weighted by atomic mass is 16.1. The molecule has 0 aliphatic heterocycles. The van der Waals surface area contributed by atoms with Crippen molar-refractivity contribution in [3.8, 4) is 0 Å². The number of carbonyl (C=O) groups excluding carboxylic acids is 1. The lowest BCUT2D eigenvalue weighted by Gasteiger charge is -2.25. The van der Waals surface area contributed by atoms with Crippen molar-refractivity contribution in [2.24, 2.45) is 23.2 Å². The average molecular weight is 190 g/mol. The van der Waals surface area contributed by atoms with E-state index in [-0.39, 0.29) is 5.41 Å². The Balaban J connectivity index is 2.05. The van der Waals surface area contributed by atoms with Crippen LogP contribution in [0.5, 0.6) is 0 Å². The molecule has 0 spiro atoms. The van der Waals surface area contributed by atoms with Gasteiger partial charge >= 0.3 is 0 Å². The van der Waals surface area contributed by atoms with Gasteiger partial charge in [-0.1, -0.05) is 25.5 Å². The molecule has 0 aromatic heterocycles. The van der Waals surface area contributed by atoms with Gasteiger partial charge in [-0.05, 0) is 37.5 Å². The standard InChI is InChI=1S/C13H18O/c1-8-5-6-9-11(8)10-4-3-7-13(10,2)12(9)14/h9-11H,1,3-7H2,2H3/t9-,10-,11+,13-/m0/s1. The van der Waals surface area contributed by atoms with Crippen LogP contribution in [0.1, 0.15) is 39.0 Å². The summed E-state index contributed by atoms with van der Waals surface area (Å²) >= 11 is 0. The first kappa shape index (κ1) is 8.70. The molecule has 0 amide bonds. The smallest absolute Gasteiger partial charge is 0.142 e. The second-order valence-electron chi connectivity index (χ2n) is 5.61. The second kappa shape index (κ2) is 2.50. The first-order valence-electron chi connectivity index (χ1n) is 5.86. The van der Waals surface area contributed by atoms with Gasteiger partial charge in [0.05, 0.1) is 0 Å². The van der Waals surface area contributed by atoms with Crippen molar-refractivity contribution in [1.29, 1.82) is 0 Å². The lowest BCUT2D eigenvalue weighted by Crippen LogP contribution is -2.26. The SMILES string of the molecule is C=C1CC[C@@H]2C(=O)[C@@]3(C)CCC[C@H]3[C@H]12. The zero-order chi connectivity index (χ0) is 9.92. The molecule has 1 nitrogen and oxygen atoms in total. The molecule has 0 aromatic rings. The maximum absolute atomic E-state index is 12.3. The molecule has 3 aliphatic rings. The molecule has 3 saturated carbocycles. The number of carbonyl (C=O) groups is 1.